The molecule has 2 aromatic carbocycles. The lowest BCUT2D eigenvalue weighted by molar-refractivity contribution is 1.13. The average molecular weight is 260 g/mol. The average Bonchev–Trinajstić information content (AvgIpc) is 2.30. The van der Waals surface area contributed by atoms with E-state index in [1.807, 2.05) is 12.1 Å². The van der Waals surface area contributed by atoms with E-state index >= 15 is 0 Å². The molecule has 0 saturated heterocycles. The first-order valence-corrected chi connectivity index (χ1v) is 5.86. The van der Waals surface area contributed by atoms with Crippen LogP contribution in [0, 0.1) is 6.07 Å². The van der Waals surface area contributed by atoms with Crippen LogP contribution in [0.2, 0.25) is 0 Å². The highest BCUT2D eigenvalue weighted by molar-refractivity contribution is 9.10. The zero-order valence-corrected chi connectivity index (χ0v) is 10.2. The number of halogens is 1. The van der Waals surface area contributed by atoms with Gasteiger partial charge in [0, 0.05) is 10.5 Å². The van der Waals surface area contributed by atoms with E-state index in [9.17, 15) is 0 Å². The van der Waals surface area contributed by atoms with Crippen LogP contribution in [0.1, 0.15) is 12.5 Å². The van der Waals surface area contributed by atoms with Crippen LogP contribution in [0.4, 0.5) is 0 Å². The Kier molecular flexibility index (Phi) is 3.22. The molecule has 0 aliphatic rings. The standard InChI is InChI=1S/C14H12Br/c1-2-11-10-13(15)8-9-14(11)12-6-4-3-5-7-12/h3-9H,2H2,1H3. The summed E-state index contributed by atoms with van der Waals surface area (Å²) in [6.07, 6.45) is 1.00. The Labute approximate surface area is 99.1 Å². The van der Waals surface area contributed by atoms with Gasteiger partial charge in [-0.3, -0.25) is 0 Å². The van der Waals surface area contributed by atoms with Crippen LogP contribution in [0.25, 0.3) is 11.1 Å². The summed E-state index contributed by atoms with van der Waals surface area (Å²) in [5.41, 5.74) is 3.80. The van der Waals surface area contributed by atoms with E-state index in [1.165, 1.54) is 16.7 Å². The van der Waals surface area contributed by atoms with Gasteiger partial charge in [-0.25, -0.2) is 0 Å². The summed E-state index contributed by atoms with van der Waals surface area (Å²) in [5, 5.41) is 0. The highest BCUT2D eigenvalue weighted by Crippen LogP contribution is 2.26. The van der Waals surface area contributed by atoms with E-state index < -0.39 is 0 Å². The molecule has 0 nitrogen and oxygen atoms in total. The van der Waals surface area contributed by atoms with Gasteiger partial charge in [0.25, 0.3) is 0 Å². The highest BCUT2D eigenvalue weighted by atomic mass is 79.9. The molecule has 0 atom stereocenters. The second kappa shape index (κ2) is 4.63. The first-order chi connectivity index (χ1) is 7.31. The molecule has 1 radical (unpaired) electrons. The third-order valence-electron chi connectivity index (χ3n) is 2.43. The lowest BCUT2D eigenvalue weighted by atomic mass is 9.98. The zero-order valence-electron chi connectivity index (χ0n) is 8.63. The number of aryl methyl sites for hydroxylation is 1. The third-order valence-corrected chi connectivity index (χ3v) is 2.89. The van der Waals surface area contributed by atoms with Gasteiger partial charge in [-0.2, -0.15) is 0 Å². The van der Waals surface area contributed by atoms with Crippen molar-refractivity contribution in [3.63, 3.8) is 0 Å². The fourth-order valence-corrected chi connectivity index (χ4v) is 2.05. The molecule has 0 aromatic heterocycles. The van der Waals surface area contributed by atoms with Gasteiger partial charge in [0.2, 0.25) is 0 Å². The van der Waals surface area contributed by atoms with Crippen molar-refractivity contribution in [2.45, 2.75) is 13.3 Å². The van der Waals surface area contributed by atoms with Gasteiger partial charge in [0.15, 0.2) is 0 Å². The van der Waals surface area contributed by atoms with Crippen molar-refractivity contribution in [1.29, 1.82) is 0 Å². The molecule has 0 heterocycles. The van der Waals surface area contributed by atoms with Crippen molar-refractivity contribution in [2.75, 3.05) is 0 Å². The van der Waals surface area contributed by atoms with Gasteiger partial charge in [-0.05, 0) is 29.2 Å². The normalized spacial score (nSPS) is 10.3. The maximum atomic E-state index is 3.45. The molecule has 0 saturated carbocycles. The number of rotatable bonds is 2. The summed E-state index contributed by atoms with van der Waals surface area (Å²) in [4.78, 5) is 0. The minimum Gasteiger partial charge on any atom is -0.0622 e. The van der Waals surface area contributed by atoms with Gasteiger partial charge < -0.3 is 0 Å². The Hall–Kier alpha value is -1.08. The highest BCUT2D eigenvalue weighted by Gasteiger charge is 2.03. The second-order valence-electron chi connectivity index (χ2n) is 3.42. The summed E-state index contributed by atoms with van der Waals surface area (Å²) in [7, 11) is 0. The lowest BCUT2D eigenvalue weighted by Gasteiger charge is -2.07. The molecule has 1 heteroatoms. The molecule has 0 amide bonds. The Morgan fingerprint density at radius 2 is 1.80 bits per heavy atom. The van der Waals surface area contributed by atoms with Crippen molar-refractivity contribution in [3.8, 4) is 11.1 Å². The third kappa shape index (κ3) is 2.29. The largest absolute Gasteiger partial charge is 0.0622 e. The van der Waals surface area contributed by atoms with E-state index in [0.717, 1.165) is 10.9 Å². The van der Waals surface area contributed by atoms with Gasteiger partial charge in [-0.15, -0.1) is 0 Å². The first-order valence-electron chi connectivity index (χ1n) is 5.07. The van der Waals surface area contributed by atoms with Gasteiger partial charge in [0.1, 0.15) is 0 Å². The monoisotopic (exact) mass is 259 g/mol. The topological polar surface area (TPSA) is 0 Å². The summed E-state index contributed by atoms with van der Waals surface area (Å²) in [6.45, 7) is 2.16. The molecule has 0 unspecified atom stereocenters. The summed E-state index contributed by atoms with van der Waals surface area (Å²) >= 11 is 3.45. The van der Waals surface area contributed by atoms with Crippen LogP contribution in [0.15, 0.2) is 46.9 Å². The number of benzene rings is 2. The Morgan fingerprint density at radius 3 is 2.47 bits per heavy atom. The van der Waals surface area contributed by atoms with Crippen LogP contribution in [-0.2, 0) is 6.42 Å². The van der Waals surface area contributed by atoms with E-state index in [4.69, 9.17) is 0 Å². The van der Waals surface area contributed by atoms with Crippen molar-refractivity contribution >= 4 is 15.9 Å². The smallest absolute Gasteiger partial charge is 0.0257 e. The predicted octanol–water partition coefficient (Wildman–Crippen LogP) is 4.48. The summed E-state index contributed by atoms with van der Waals surface area (Å²) in [6, 6.07) is 18.0. The van der Waals surface area contributed by atoms with Crippen LogP contribution in [-0.4, -0.2) is 0 Å². The molecular formula is C14H12Br. The number of hydrogen-bond acceptors (Lipinski definition) is 0. The summed E-state index contributed by atoms with van der Waals surface area (Å²) in [5.74, 6) is 0. The van der Waals surface area contributed by atoms with Crippen LogP contribution >= 0.6 is 15.9 Å². The zero-order chi connectivity index (χ0) is 10.7. The molecule has 0 fully saturated rings. The molecule has 0 bridgehead atoms. The SMILES string of the molecule is CCc1[c]c(Br)ccc1-c1ccccc1. The van der Waals surface area contributed by atoms with Crippen molar-refractivity contribution in [2.24, 2.45) is 0 Å². The van der Waals surface area contributed by atoms with Gasteiger partial charge in [0.05, 0.1) is 0 Å². The minimum atomic E-state index is 1.00. The molecule has 0 spiro atoms. The van der Waals surface area contributed by atoms with Crippen molar-refractivity contribution in [1.82, 2.24) is 0 Å². The first kappa shape index (κ1) is 10.4. The van der Waals surface area contributed by atoms with E-state index in [0.29, 0.717) is 0 Å². The van der Waals surface area contributed by atoms with Crippen LogP contribution in [0.3, 0.4) is 0 Å². The minimum absolute atomic E-state index is 1.00. The Bertz CT molecular complexity index is 446. The quantitative estimate of drug-likeness (QED) is 0.746. The van der Waals surface area contributed by atoms with Crippen molar-refractivity contribution < 1.29 is 0 Å². The molecule has 0 N–H and O–H groups in total. The molecule has 15 heavy (non-hydrogen) atoms. The fraction of sp³-hybridized carbons (Fsp3) is 0.143. The van der Waals surface area contributed by atoms with Gasteiger partial charge in [-0.1, -0.05) is 59.3 Å². The molecule has 0 aliphatic heterocycles. The molecule has 0 aliphatic carbocycles. The van der Waals surface area contributed by atoms with E-state index in [2.05, 4.69) is 59.3 Å². The Balaban J connectivity index is 2.53. The maximum absolute atomic E-state index is 3.45. The molecule has 75 valence electrons. The van der Waals surface area contributed by atoms with Crippen LogP contribution < -0.4 is 0 Å². The second-order valence-corrected chi connectivity index (χ2v) is 4.27. The molecule has 2 aromatic rings. The van der Waals surface area contributed by atoms with Crippen LogP contribution in [0.5, 0.6) is 0 Å². The number of hydrogen-bond donors (Lipinski definition) is 0. The Morgan fingerprint density at radius 1 is 1.07 bits per heavy atom. The maximum Gasteiger partial charge on any atom is 0.0257 e. The van der Waals surface area contributed by atoms with E-state index in [1.54, 1.807) is 0 Å². The lowest BCUT2D eigenvalue weighted by Crippen LogP contribution is -1.87. The fourth-order valence-electron chi connectivity index (χ4n) is 1.68. The summed E-state index contributed by atoms with van der Waals surface area (Å²) < 4.78 is 1.03. The predicted molar refractivity (Wildman–Crippen MR) is 67.8 cm³/mol. The van der Waals surface area contributed by atoms with Gasteiger partial charge >= 0.3 is 0 Å². The van der Waals surface area contributed by atoms with E-state index in [-0.39, 0.29) is 0 Å². The van der Waals surface area contributed by atoms with Crippen molar-refractivity contribution in [3.05, 3.63) is 58.6 Å². The molecule has 2 rings (SSSR count). The molecular weight excluding hydrogens is 248 g/mol.